The van der Waals surface area contributed by atoms with Crippen LogP contribution in [0.3, 0.4) is 0 Å². The summed E-state index contributed by atoms with van der Waals surface area (Å²) >= 11 is 0. The molecule has 1 aliphatic rings. The van der Waals surface area contributed by atoms with Crippen LogP contribution < -0.4 is 10.6 Å². The molecule has 1 saturated heterocycles. The van der Waals surface area contributed by atoms with Crippen LogP contribution in [0.1, 0.15) is 12.8 Å². The maximum atomic E-state index is 11.4. The minimum absolute atomic E-state index is 0.0226. The van der Waals surface area contributed by atoms with E-state index in [9.17, 15) is 8.42 Å². The minimum Gasteiger partial charge on any atom is -0.383 e. The van der Waals surface area contributed by atoms with Gasteiger partial charge in [0.25, 0.3) is 0 Å². The van der Waals surface area contributed by atoms with Gasteiger partial charge in [0, 0.05) is 33.3 Å². The lowest BCUT2D eigenvalue weighted by molar-refractivity contribution is 0.161. The van der Waals surface area contributed by atoms with Gasteiger partial charge in [-0.2, -0.15) is 0 Å². The first-order valence-corrected chi connectivity index (χ1v) is 9.14. The Morgan fingerprint density at radius 2 is 2.19 bits per heavy atom. The molecule has 1 aliphatic heterocycles. The summed E-state index contributed by atoms with van der Waals surface area (Å²) in [6.45, 7) is 3.44. The first kappa shape index (κ1) is 18.2. The summed E-state index contributed by atoms with van der Waals surface area (Å²) in [6, 6.07) is -0.0226. The Kier molecular flexibility index (Phi) is 7.98. The fourth-order valence-corrected chi connectivity index (χ4v) is 3.88. The van der Waals surface area contributed by atoms with Crippen molar-refractivity contribution in [2.24, 2.45) is 4.99 Å². The van der Waals surface area contributed by atoms with Crippen LogP contribution in [0, 0.1) is 0 Å². The summed E-state index contributed by atoms with van der Waals surface area (Å²) in [5.74, 6) is 1.15. The molecule has 0 bridgehead atoms. The van der Waals surface area contributed by atoms with E-state index in [4.69, 9.17) is 4.74 Å². The number of sulfone groups is 1. The third-order valence-electron chi connectivity index (χ3n) is 3.48. The molecular formula is C13H28N4O3S. The Morgan fingerprint density at radius 3 is 2.76 bits per heavy atom. The molecule has 21 heavy (non-hydrogen) atoms. The average Bonchev–Trinajstić information content (AvgIpc) is 2.78. The Morgan fingerprint density at radius 1 is 1.43 bits per heavy atom. The van der Waals surface area contributed by atoms with Gasteiger partial charge in [-0.3, -0.25) is 4.99 Å². The zero-order chi connectivity index (χ0) is 15.7. The van der Waals surface area contributed by atoms with Crippen LogP contribution in [0.25, 0.3) is 0 Å². The number of rotatable bonds is 8. The van der Waals surface area contributed by atoms with Crippen LogP contribution in [0.2, 0.25) is 0 Å². The van der Waals surface area contributed by atoms with E-state index in [2.05, 4.69) is 27.6 Å². The molecule has 7 nitrogen and oxygen atoms in total. The standard InChI is InChI=1S/C13H28N4O3S/c1-14-13(16-12-5-10-21(18,19)11-12)15-6-4-7-17(2)8-9-20-3/h12H,4-11H2,1-3H3,(H2,14,15,16). The predicted molar refractivity (Wildman–Crippen MR) is 85.5 cm³/mol. The molecule has 0 aromatic heterocycles. The Hall–Kier alpha value is -0.860. The van der Waals surface area contributed by atoms with Crippen molar-refractivity contribution in [1.82, 2.24) is 15.5 Å². The van der Waals surface area contributed by atoms with Crippen LogP contribution in [0.15, 0.2) is 4.99 Å². The highest BCUT2D eigenvalue weighted by Crippen LogP contribution is 2.10. The normalized spacial score (nSPS) is 21.7. The van der Waals surface area contributed by atoms with E-state index in [-0.39, 0.29) is 17.5 Å². The first-order chi connectivity index (χ1) is 9.96. The Balaban J connectivity index is 2.18. The molecule has 1 unspecified atom stereocenters. The number of likely N-dealkylation sites (N-methyl/N-ethyl adjacent to an activating group) is 1. The third-order valence-corrected chi connectivity index (χ3v) is 5.25. The monoisotopic (exact) mass is 320 g/mol. The fourth-order valence-electron chi connectivity index (χ4n) is 2.21. The van der Waals surface area contributed by atoms with Gasteiger partial charge in [0.2, 0.25) is 0 Å². The van der Waals surface area contributed by atoms with Gasteiger partial charge < -0.3 is 20.3 Å². The molecule has 0 spiro atoms. The van der Waals surface area contributed by atoms with Gasteiger partial charge in [0.05, 0.1) is 18.1 Å². The lowest BCUT2D eigenvalue weighted by Crippen LogP contribution is -2.44. The van der Waals surface area contributed by atoms with Crippen molar-refractivity contribution in [3.63, 3.8) is 0 Å². The van der Waals surface area contributed by atoms with E-state index >= 15 is 0 Å². The Labute approximate surface area is 128 Å². The highest BCUT2D eigenvalue weighted by atomic mass is 32.2. The lowest BCUT2D eigenvalue weighted by Gasteiger charge is -2.18. The largest absolute Gasteiger partial charge is 0.383 e. The summed E-state index contributed by atoms with van der Waals surface area (Å²) in [5.41, 5.74) is 0. The van der Waals surface area contributed by atoms with Crippen LogP contribution >= 0.6 is 0 Å². The van der Waals surface area contributed by atoms with Gasteiger partial charge in [-0.25, -0.2) is 8.42 Å². The summed E-state index contributed by atoms with van der Waals surface area (Å²) in [6.07, 6.45) is 1.65. The maximum Gasteiger partial charge on any atom is 0.191 e. The van der Waals surface area contributed by atoms with E-state index in [1.807, 2.05) is 0 Å². The fraction of sp³-hybridized carbons (Fsp3) is 0.923. The molecule has 0 amide bonds. The molecule has 1 heterocycles. The van der Waals surface area contributed by atoms with E-state index in [1.54, 1.807) is 14.2 Å². The number of guanidine groups is 1. The third kappa shape index (κ3) is 7.63. The predicted octanol–water partition coefficient (Wildman–Crippen LogP) is -0.693. The molecule has 0 aromatic rings. The molecule has 1 atom stereocenters. The van der Waals surface area contributed by atoms with E-state index in [0.717, 1.165) is 32.7 Å². The number of methoxy groups -OCH3 is 1. The van der Waals surface area contributed by atoms with Crippen molar-refractivity contribution in [2.45, 2.75) is 18.9 Å². The average molecular weight is 320 g/mol. The van der Waals surface area contributed by atoms with Crippen molar-refractivity contribution in [3.05, 3.63) is 0 Å². The summed E-state index contributed by atoms with van der Waals surface area (Å²) < 4.78 is 27.9. The number of aliphatic imine (C=N–C) groups is 1. The second kappa shape index (κ2) is 9.22. The van der Waals surface area contributed by atoms with Crippen molar-refractivity contribution in [2.75, 3.05) is 59.0 Å². The number of ether oxygens (including phenoxy) is 1. The van der Waals surface area contributed by atoms with E-state index < -0.39 is 9.84 Å². The molecule has 0 aromatic carbocycles. The second-order valence-corrected chi connectivity index (χ2v) is 7.62. The van der Waals surface area contributed by atoms with Crippen LogP contribution in [0.5, 0.6) is 0 Å². The molecule has 0 aliphatic carbocycles. The topological polar surface area (TPSA) is 83.0 Å². The van der Waals surface area contributed by atoms with Crippen molar-refractivity contribution in [1.29, 1.82) is 0 Å². The molecule has 0 saturated carbocycles. The number of hydrogen-bond donors (Lipinski definition) is 2. The molecule has 0 radical (unpaired) electrons. The Bertz CT molecular complexity index is 425. The number of hydrogen-bond acceptors (Lipinski definition) is 5. The molecular weight excluding hydrogens is 292 g/mol. The highest BCUT2D eigenvalue weighted by molar-refractivity contribution is 7.91. The molecule has 1 fully saturated rings. The molecule has 2 N–H and O–H groups in total. The lowest BCUT2D eigenvalue weighted by atomic mass is 10.3. The van der Waals surface area contributed by atoms with Crippen molar-refractivity contribution >= 4 is 15.8 Å². The number of nitrogens with one attached hydrogen (secondary N) is 2. The zero-order valence-electron chi connectivity index (χ0n) is 13.3. The summed E-state index contributed by atoms with van der Waals surface area (Å²) in [7, 11) is 2.61. The van der Waals surface area contributed by atoms with E-state index in [1.165, 1.54) is 0 Å². The van der Waals surface area contributed by atoms with Crippen molar-refractivity contribution < 1.29 is 13.2 Å². The molecule has 8 heteroatoms. The van der Waals surface area contributed by atoms with Gasteiger partial charge >= 0.3 is 0 Å². The smallest absolute Gasteiger partial charge is 0.191 e. The maximum absolute atomic E-state index is 11.4. The summed E-state index contributed by atoms with van der Waals surface area (Å²) in [4.78, 5) is 6.34. The second-order valence-electron chi connectivity index (χ2n) is 5.39. The minimum atomic E-state index is -2.86. The van der Waals surface area contributed by atoms with Crippen LogP contribution in [-0.4, -0.2) is 84.3 Å². The van der Waals surface area contributed by atoms with Gasteiger partial charge in [0.1, 0.15) is 0 Å². The zero-order valence-corrected chi connectivity index (χ0v) is 14.1. The number of nitrogens with zero attached hydrogens (tertiary/aromatic N) is 2. The first-order valence-electron chi connectivity index (χ1n) is 7.32. The quantitative estimate of drug-likeness (QED) is 0.350. The SMILES string of the molecule is CN=C(NCCCN(C)CCOC)NC1CCS(=O)(=O)C1. The van der Waals surface area contributed by atoms with E-state index in [0.29, 0.717) is 12.4 Å². The summed E-state index contributed by atoms with van der Waals surface area (Å²) in [5, 5.41) is 6.39. The van der Waals surface area contributed by atoms with Crippen LogP contribution in [-0.2, 0) is 14.6 Å². The van der Waals surface area contributed by atoms with Gasteiger partial charge in [-0.1, -0.05) is 0 Å². The molecule has 1 rings (SSSR count). The molecule has 124 valence electrons. The highest BCUT2D eigenvalue weighted by Gasteiger charge is 2.28. The van der Waals surface area contributed by atoms with Crippen molar-refractivity contribution in [3.8, 4) is 0 Å². The van der Waals surface area contributed by atoms with Crippen LogP contribution in [0.4, 0.5) is 0 Å². The van der Waals surface area contributed by atoms with Gasteiger partial charge in [-0.15, -0.1) is 0 Å². The van der Waals surface area contributed by atoms with Gasteiger partial charge in [-0.05, 0) is 26.4 Å². The van der Waals surface area contributed by atoms with Gasteiger partial charge in [0.15, 0.2) is 15.8 Å².